The number of nitrogens with zero attached hydrogens (tertiary/aromatic N) is 2. The van der Waals surface area contributed by atoms with Gasteiger partial charge >= 0.3 is 0 Å². The SMILES string of the molecule is O=C1c2c(O)ccc([N+](=O)[O-])c2C(=O)c2c([N+](=O)[O-])ccc(O)c21.[Pb]. The van der Waals surface area contributed by atoms with Crippen LogP contribution in [-0.4, -0.2) is 58.9 Å². The second-order valence-electron chi connectivity index (χ2n) is 4.88. The number of phenolic OH excluding ortho intramolecular Hbond substituents is 2. The molecule has 0 fully saturated rings. The van der Waals surface area contributed by atoms with Crippen LogP contribution in [0.25, 0.3) is 0 Å². The molecule has 0 heterocycles. The molecule has 0 spiro atoms. The Kier molecular flexibility index (Phi) is 4.57. The summed E-state index contributed by atoms with van der Waals surface area (Å²) in [6, 6.07) is 3.36. The minimum absolute atomic E-state index is 0. The Morgan fingerprint density at radius 3 is 1.32 bits per heavy atom. The first kappa shape index (κ1) is 18.4. The molecule has 10 nitrogen and oxygen atoms in total. The molecular weight excluding hydrogens is 531 g/mol. The fraction of sp³-hybridized carbons (Fsp3) is 0. The van der Waals surface area contributed by atoms with Crippen LogP contribution in [0.5, 0.6) is 11.5 Å². The van der Waals surface area contributed by atoms with Gasteiger partial charge in [0.1, 0.15) is 22.6 Å². The van der Waals surface area contributed by atoms with Gasteiger partial charge in [-0.1, -0.05) is 0 Å². The molecule has 0 saturated carbocycles. The van der Waals surface area contributed by atoms with E-state index in [-0.39, 0.29) is 27.3 Å². The summed E-state index contributed by atoms with van der Waals surface area (Å²) in [5, 5.41) is 41.9. The summed E-state index contributed by atoms with van der Waals surface area (Å²) < 4.78 is 0. The number of aromatic hydroxyl groups is 2. The Bertz CT molecular complexity index is 910. The first-order valence-corrected chi connectivity index (χ1v) is 6.35. The molecule has 0 unspecified atom stereocenters. The first-order valence-electron chi connectivity index (χ1n) is 6.35. The zero-order chi connectivity index (χ0) is 17.8. The molecule has 2 N–H and O–H groups in total. The molecule has 0 atom stereocenters. The number of rotatable bonds is 2. The van der Waals surface area contributed by atoms with Crippen molar-refractivity contribution in [3.8, 4) is 11.5 Å². The number of carbonyl (C=O) groups is 2. The quantitative estimate of drug-likeness (QED) is 0.281. The first-order chi connectivity index (χ1) is 11.3. The summed E-state index contributed by atoms with van der Waals surface area (Å²) >= 11 is 0. The van der Waals surface area contributed by atoms with Crippen molar-refractivity contribution in [2.24, 2.45) is 0 Å². The van der Waals surface area contributed by atoms with Gasteiger partial charge in [-0.2, -0.15) is 0 Å². The van der Waals surface area contributed by atoms with E-state index in [1.54, 1.807) is 0 Å². The van der Waals surface area contributed by atoms with Crippen molar-refractivity contribution in [1.29, 1.82) is 0 Å². The van der Waals surface area contributed by atoms with E-state index in [9.17, 15) is 40.0 Å². The number of nitro groups is 2. The van der Waals surface area contributed by atoms with Crippen LogP contribution in [0.1, 0.15) is 31.8 Å². The van der Waals surface area contributed by atoms with Gasteiger partial charge in [0.15, 0.2) is 0 Å². The third kappa shape index (κ3) is 2.54. The molecule has 11 heteroatoms. The van der Waals surface area contributed by atoms with Gasteiger partial charge in [0.2, 0.25) is 11.6 Å². The van der Waals surface area contributed by atoms with Crippen molar-refractivity contribution in [2.75, 3.05) is 0 Å². The second kappa shape index (κ2) is 6.19. The van der Waals surface area contributed by atoms with E-state index in [2.05, 4.69) is 0 Å². The minimum Gasteiger partial charge on any atom is -0.507 e. The van der Waals surface area contributed by atoms with Gasteiger partial charge in [-0.05, 0) is 12.1 Å². The Hall–Kier alpha value is -2.90. The van der Waals surface area contributed by atoms with Crippen LogP contribution in [-0.2, 0) is 0 Å². The Balaban J connectivity index is 0.00000225. The maximum absolute atomic E-state index is 12.6. The third-order valence-electron chi connectivity index (χ3n) is 3.62. The molecule has 2 aromatic carbocycles. The number of fused-ring (bicyclic) bond motifs is 2. The average Bonchev–Trinajstić information content (AvgIpc) is 2.51. The van der Waals surface area contributed by atoms with Crippen molar-refractivity contribution >= 4 is 50.2 Å². The second-order valence-corrected chi connectivity index (χ2v) is 4.88. The van der Waals surface area contributed by atoms with Gasteiger partial charge in [0.25, 0.3) is 11.4 Å². The maximum atomic E-state index is 12.6. The number of benzene rings is 2. The Morgan fingerprint density at radius 2 is 1.00 bits per heavy atom. The molecular formula is C14H6N2O8Pb. The minimum atomic E-state index is -1.19. The molecule has 0 amide bonds. The van der Waals surface area contributed by atoms with E-state index < -0.39 is 66.5 Å². The van der Waals surface area contributed by atoms with E-state index in [0.29, 0.717) is 0 Å². The molecule has 124 valence electrons. The third-order valence-corrected chi connectivity index (χ3v) is 3.62. The van der Waals surface area contributed by atoms with Crippen LogP contribution >= 0.6 is 0 Å². The fourth-order valence-corrected chi connectivity index (χ4v) is 2.64. The van der Waals surface area contributed by atoms with E-state index in [1.165, 1.54) is 0 Å². The van der Waals surface area contributed by atoms with E-state index in [1.807, 2.05) is 0 Å². The zero-order valence-electron chi connectivity index (χ0n) is 12.0. The van der Waals surface area contributed by atoms with Gasteiger partial charge in [0, 0.05) is 39.4 Å². The van der Waals surface area contributed by atoms with Crippen molar-refractivity contribution < 1.29 is 29.6 Å². The Morgan fingerprint density at radius 1 is 0.680 bits per heavy atom. The van der Waals surface area contributed by atoms with Crippen molar-refractivity contribution in [3.05, 3.63) is 66.7 Å². The largest absolute Gasteiger partial charge is 0.507 e. The summed E-state index contributed by atoms with van der Waals surface area (Å²) in [5.74, 6) is -3.71. The van der Waals surface area contributed by atoms with Crippen molar-refractivity contribution in [1.82, 2.24) is 0 Å². The van der Waals surface area contributed by atoms with Crippen LogP contribution in [0.15, 0.2) is 24.3 Å². The van der Waals surface area contributed by atoms with E-state index >= 15 is 0 Å². The molecule has 0 saturated heterocycles. The van der Waals surface area contributed by atoms with Crippen LogP contribution in [0, 0.1) is 20.2 Å². The van der Waals surface area contributed by atoms with Crippen molar-refractivity contribution in [3.63, 3.8) is 0 Å². The summed E-state index contributed by atoms with van der Waals surface area (Å²) in [7, 11) is 0. The van der Waals surface area contributed by atoms with Gasteiger partial charge in [-0.15, -0.1) is 0 Å². The number of carbonyl (C=O) groups excluding carboxylic acids is 2. The number of hydrogen-bond acceptors (Lipinski definition) is 8. The molecule has 3 rings (SSSR count). The predicted molar refractivity (Wildman–Crippen MR) is 82.1 cm³/mol. The summed E-state index contributed by atoms with van der Waals surface area (Å²) in [5.41, 5.74) is -4.37. The number of ketones is 2. The number of phenols is 2. The van der Waals surface area contributed by atoms with Gasteiger partial charge < -0.3 is 10.2 Å². The van der Waals surface area contributed by atoms with Crippen LogP contribution < -0.4 is 0 Å². The molecule has 0 aliphatic heterocycles. The van der Waals surface area contributed by atoms with E-state index in [0.717, 1.165) is 24.3 Å². The predicted octanol–water partition coefficient (Wildman–Crippen LogP) is 1.31. The topological polar surface area (TPSA) is 161 Å². The zero-order valence-corrected chi connectivity index (χ0v) is 15.9. The van der Waals surface area contributed by atoms with Crippen molar-refractivity contribution in [2.45, 2.75) is 0 Å². The summed E-state index contributed by atoms with van der Waals surface area (Å²) in [6.45, 7) is 0. The molecule has 4 radical (unpaired) electrons. The fourth-order valence-electron chi connectivity index (χ4n) is 2.64. The number of nitro benzene ring substituents is 2. The Labute approximate surface area is 158 Å². The summed E-state index contributed by atoms with van der Waals surface area (Å²) in [6.07, 6.45) is 0. The van der Waals surface area contributed by atoms with E-state index in [4.69, 9.17) is 0 Å². The maximum Gasteiger partial charge on any atom is 0.281 e. The monoisotopic (exact) mass is 538 g/mol. The molecule has 2 aromatic rings. The summed E-state index contributed by atoms with van der Waals surface area (Å²) in [4.78, 5) is 45.5. The molecule has 0 bridgehead atoms. The van der Waals surface area contributed by atoms with Gasteiger partial charge in [0.05, 0.1) is 21.0 Å². The average molecular weight is 537 g/mol. The van der Waals surface area contributed by atoms with Crippen LogP contribution in [0.4, 0.5) is 11.4 Å². The number of hydrogen-bond donors (Lipinski definition) is 2. The van der Waals surface area contributed by atoms with Crippen LogP contribution in [0.2, 0.25) is 0 Å². The molecule has 1 aliphatic carbocycles. The van der Waals surface area contributed by atoms with Gasteiger partial charge in [-0.25, -0.2) is 0 Å². The smallest absolute Gasteiger partial charge is 0.281 e. The van der Waals surface area contributed by atoms with Crippen LogP contribution in [0.3, 0.4) is 0 Å². The standard InChI is InChI=1S/C14H6N2O8.Pb/c17-7-3-1-5(15(21)22)9-11(7)14(20)12-8(18)4-2-6(16(23)24)10(12)13(9)19;/h1-4,17-18H;. The molecule has 0 aromatic heterocycles. The molecule has 1 aliphatic rings. The van der Waals surface area contributed by atoms with Gasteiger partial charge in [-0.3, -0.25) is 29.8 Å². The normalized spacial score (nSPS) is 12.0. The molecule has 25 heavy (non-hydrogen) atoms.